The maximum Gasteiger partial charge on any atom is 0.511 e. The first kappa shape index (κ1) is 19.5. The normalized spacial score (nSPS) is 17.7. The van der Waals surface area contributed by atoms with Gasteiger partial charge >= 0.3 is 18.0 Å². The molecule has 12 nitrogen and oxygen atoms in total. The summed E-state index contributed by atoms with van der Waals surface area (Å²) in [5, 5.41) is 10.6. The van der Waals surface area contributed by atoms with E-state index in [1.807, 2.05) is 0 Å². The number of morpholine rings is 1. The Hall–Kier alpha value is -3.28. The van der Waals surface area contributed by atoms with Crippen molar-refractivity contribution in [2.75, 3.05) is 45.2 Å². The number of nitrogens with zero attached hydrogens (tertiary/aromatic N) is 2. The van der Waals surface area contributed by atoms with E-state index in [1.165, 1.54) is 16.9 Å². The summed E-state index contributed by atoms with van der Waals surface area (Å²) in [5.41, 5.74) is 2.65. The number of fused-ring (bicyclic) bond motifs is 2. The molecule has 3 heterocycles. The van der Waals surface area contributed by atoms with Crippen molar-refractivity contribution in [1.29, 1.82) is 0 Å². The molecule has 1 aromatic rings. The number of esters is 1. The highest BCUT2D eigenvalue weighted by atomic mass is 16.8. The molecule has 152 valence electrons. The number of aliphatic hydroxyl groups is 1. The summed E-state index contributed by atoms with van der Waals surface area (Å²) in [7, 11) is 0. The van der Waals surface area contributed by atoms with E-state index in [0.29, 0.717) is 19.8 Å². The van der Waals surface area contributed by atoms with Crippen LogP contribution < -0.4 is 15.6 Å². The molecule has 2 aliphatic heterocycles. The van der Waals surface area contributed by atoms with Crippen molar-refractivity contribution < 1.29 is 43.0 Å². The molecule has 0 aromatic carbocycles. The minimum absolute atomic E-state index is 0.0918. The number of hydrogen-bond donors (Lipinski definition) is 2. The van der Waals surface area contributed by atoms with Crippen LogP contribution in [-0.4, -0.2) is 78.3 Å². The smallest absolute Gasteiger partial charge is 0.463 e. The Balaban J connectivity index is 1.66. The Morgan fingerprint density at radius 3 is 3.00 bits per heavy atom. The molecule has 2 aliphatic rings. The summed E-state index contributed by atoms with van der Waals surface area (Å²) in [6.07, 6.45) is -0.0236. The van der Waals surface area contributed by atoms with Gasteiger partial charge in [0.1, 0.15) is 13.2 Å². The van der Waals surface area contributed by atoms with Gasteiger partial charge in [-0.3, -0.25) is 10.2 Å². The van der Waals surface area contributed by atoms with Crippen molar-refractivity contribution in [3.05, 3.63) is 28.2 Å². The highest BCUT2D eigenvalue weighted by Gasteiger charge is 2.38. The van der Waals surface area contributed by atoms with Crippen LogP contribution in [0.4, 0.5) is 4.79 Å². The third kappa shape index (κ3) is 4.17. The third-order valence-electron chi connectivity index (χ3n) is 3.95. The lowest BCUT2D eigenvalue weighted by Crippen LogP contribution is -2.54. The van der Waals surface area contributed by atoms with Crippen LogP contribution in [0.25, 0.3) is 0 Å². The van der Waals surface area contributed by atoms with Gasteiger partial charge in [0.2, 0.25) is 23.7 Å². The number of aromatic nitrogens is 1. The Bertz CT molecular complexity index is 848. The fraction of sp³-hybridized carbons (Fsp3) is 0.500. The van der Waals surface area contributed by atoms with E-state index in [2.05, 4.69) is 19.6 Å². The SMILES string of the molecule is CCOC(=O)COC(=O)OCOc1c2n(ccc1=O)N[C@@H]1COCC[N+]1=C2O. The fourth-order valence-electron chi connectivity index (χ4n) is 2.73. The molecule has 0 bridgehead atoms. The van der Waals surface area contributed by atoms with Crippen molar-refractivity contribution in [3.8, 4) is 5.75 Å². The maximum absolute atomic E-state index is 12.2. The average Bonchev–Trinajstić information content (AvgIpc) is 2.68. The minimum Gasteiger partial charge on any atom is -0.463 e. The molecule has 28 heavy (non-hydrogen) atoms. The molecule has 3 rings (SSSR count). The van der Waals surface area contributed by atoms with Gasteiger partial charge in [0.05, 0.1) is 6.61 Å². The quantitative estimate of drug-likeness (QED) is 0.353. The number of hydrogen-bond acceptors (Lipinski definition) is 9. The third-order valence-corrected chi connectivity index (χ3v) is 3.95. The van der Waals surface area contributed by atoms with Crippen LogP contribution in [0, 0.1) is 0 Å². The zero-order valence-electron chi connectivity index (χ0n) is 15.1. The molecule has 1 saturated heterocycles. The van der Waals surface area contributed by atoms with Crippen molar-refractivity contribution in [3.63, 3.8) is 0 Å². The minimum atomic E-state index is -1.17. The lowest BCUT2D eigenvalue weighted by Gasteiger charge is -2.29. The molecule has 1 atom stereocenters. The Morgan fingerprint density at radius 1 is 1.39 bits per heavy atom. The van der Waals surface area contributed by atoms with Crippen molar-refractivity contribution in [2.24, 2.45) is 0 Å². The lowest BCUT2D eigenvalue weighted by atomic mass is 10.2. The molecule has 1 fully saturated rings. The van der Waals surface area contributed by atoms with Gasteiger partial charge in [0.25, 0.3) is 6.17 Å². The van der Waals surface area contributed by atoms with Gasteiger partial charge in [-0.2, -0.15) is 4.58 Å². The van der Waals surface area contributed by atoms with E-state index in [0.717, 1.165) is 0 Å². The molecule has 0 spiro atoms. The van der Waals surface area contributed by atoms with E-state index in [4.69, 9.17) is 9.47 Å². The first-order chi connectivity index (χ1) is 13.5. The molecule has 2 N–H and O–H groups in total. The second kappa shape index (κ2) is 8.61. The summed E-state index contributed by atoms with van der Waals surface area (Å²) in [6, 6.07) is 1.23. The number of carbonyl (C=O) groups excluding carboxylic acids is 2. The molecule has 1 aromatic heterocycles. The Kier molecular flexibility index (Phi) is 5.99. The monoisotopic (exact) mass is 398 g/mol. The van der Waals surface area contributed by atoms with Crippen molar-refractivity contribution >= 4 is 18.0 Å². The summed E-state index contributed by atoms with van der Waals surface area (Å²) in [4.78, 5) is 34.8. The van der Waals surface area contributed by atoms with Crippen LogP contribution in [0.1, 0.15) is 12.6 Å². The fourth-order valence-corrected chi connectivity index (χ4v) is 2.73. The van der Waals surface area contributed by atoms with Crippen molar-refractivity contribution in [1.82, 2.24) is 4.68 Å². The summed E-state index contributed by atoms with van der Waals surface area (Å²) < 4.78 is 27.5. The standard InChI is InChI=1S/C16H19N3O9/c1-2-25-12(21)8-26-16(23)28-9-27-14-10(20)3-4-19-13(14)15(22)18-5-6-24-7-11(18)17-19/h3-4,11,17H,2,5-9H2,1H3/p+1/t11-/m0/s1. The Labute approximate surface area is 158 Å². The lowest BCUT2D eigenvalue weighted by molar-refractivity contribution is -0.591. The van der Waals surface area contributed by atoms with Crippen LogP contribution in [0.15, 0.2) is 17.1 Å². The molecule has 12 heteroatoms. The number of pyridine rings is 1. The van der Waals surface area contributed by atoms with Gasteiger partial charge in [0, 0.05) is 12.3 Å². The van der Waals surface area contributed by atoms with Crippen LogP contribution in [-0.2, 0) is 23.7 Å². The van der Waals surface area contributed by atoms with E-state index >= 15 is 0 Å². The number of nitrogens with one attached hydrogen (secondary N) is 1. The van der Waals surface area contributed by atoms with E-state index in [1.54, 1.807) is 11.5 Å². The average molecular weight is 398 g/mol. The molecule has 0 amide bonds. The van der Waals surface area contributed by atoms with E-state index in [-0.39, 0.29) is 30.1 Å². The first-order valence-electron chi connectivity index (χ1n) is 8.52. The zero-order valence-corrected chi connectivity index (χ0v) is 15.1. The van der Waals surface area contributed by atoms with Gasteiger partial charge in [-0.25, -0.2) is 14.3 Å². The van der Waals surface area contributed by atoms with Gasteiger partial charge in [-0.1, -0.05) is 0 Å². The van der Waals surface area contributed by atoms with E-state index in [9.17, 15) is 19.5 Å². The summed E-state index contributed by atoms with van der Waals surface area (Å²) >= 11 is 0. The molecule has 0 saturated carbocycles. The van der Waals surface area contributed by atoms with Crippen LogP contribution in [0.2, 0.25) is 0 Å². The molecule has 0 aliphatic carbocycles. The highest BCUT2D eigenvalue weighted by Crippen LogP contribution is 2.18. The van der Waals surface area contributed by atoms with Crippen LogP contribution >= 0.6 is 0 Å². The van der Waals surface area contributed by atoms with Crippen LogP contribution in [0.5, 0.6) is 5.75 Å². The molecular weight excluding hydrogens is 378 g/mol. The van der Waals surface area contributed by atoms with Gasteiger partial charge < -0.3 is 28.8 Å². The van der Waals surface area contributed by atoms with Gasteiger partial charge in [-0.15, -0.1) is 0 Å². The first-order valence-corrected chi connectivity index (χ1v) is 8.52. The number of aliphatic hydroxyl groups excluding tert-OH is 1. The predicted molar refractivity (Wildman–Crippen MR) is 91.1 cm³/mol. The van der Waals surface area contributed by atoms with Crippen LogP contribution in [0.3, 0.4) is 0 Å². The number of rotatable bonds is 6. The molecule has 0 unspecified atom stereocenters. The number of ether oxygens (including phenoxy) is 5. The number of carbonyl (C=O) groups is 2. The Morgan fingerprint density at radius 2 is 2.21 bits per heavy atom. The van der Waals surface area contributed by atoms with Gasteiger partial charge in [0.15, 0.2) is 13.2 Å². The maximum atomic E-state index is 12.2. The largest absolute Gasteiger partial charge is 0.511 e. The molecular formula is C16H20N3O9+. The molecule has 0 radical (unpaired) electrons. The van der Waals surface area contributed by atoms with Gasteiger partial charge in [-0.05, 0) is 6.92 Å². The topological polar surface area (TPSA) is 138 Å². The summed E-state index contributed by atoms with van der Waals surface area (Å²) in [5.74, 6) is -1.10. The van der Waals surface area contributed by atoms with E-state index < -0.39 is 31.0 Å². The second-order valence-corrected chi connectivity index (χ2v) is 5.71. The summed E-state index contributed by atoms with van der Waals surface area (Å²) in [6.45, 7) is 1.69. The van der Waals surface area contributed by atoms with Crippen molar-refractivity contribution in [2.45, 2.75) is 13.1 Å². The predicted octanol–water partition coefficient (Wildman–Crippen LogP) is -0.869. The highest BCUT2D eigenvalue weighted by molar-refractivity contribution is 5.90. The zero-order chi connectivity index (χ0) is 20.1. The second-order valence-electron chi connectivity index (χ2n) is 5.71.